The summed E-state index contributed by atoms with van der Waals surface area (Å²) in [6.45, 7) is 4.29. The zero-order chi connectivity index (χ0) is 10.1. The van der Waals surface area contributed by atoms with Gasteiger partial charge in [0.25, 0.3) is 0 Å². The fourth-order valence-corrected chi connectivity index (χ4v) is 2.19. The molecule has 0 N–H and O–H groups in total. The van der Waals surface area contributed by atoms with E-state index >= 15 is 0 Å². The Morgan fingerprint density at radius 1 is 1.43 bits per heavy atom. The minimum atomic E-state index is 0.270. The molecule has 2 heteroatoms. The first-order chi connectivity index (χ1) is 6.70. The number of hydrogen-bond acceptors (Lipinski definition) is 2. The third-order valence-corrected chi connectivity index (χ3v) is 2.96. The first-order valence-electron chi connectivity index (χ1n) is 5.29. The highest BCUT2D eigenvalue weighted by molar-refractivity contribution is 5.97. The number of carbonyl (C=O) groups is 1. The molecule has 1 aliphatic heterocycles. The summed E-state index contributed by atoms with van der Waals surface area (Å²) in [6.07, 6.45) is 6.30. The van der Waals surface area contributed by atoms with E-state index in [1.165, 1.54) is 0 Å². The van der Waals surface area contributed by atoms with Crippen LogP contribution < -0.4 is 0 Å². The van der Waals surface area contributed by atoms with E-state index in [-0.39, 0.29) is 11.7 Å². The predicted molar refractivity (Wildman–Crippen MR) is 54.4 cm³/mol. The van der Waals surface area contributed by atoms with Crippen molar-refractivity contribution < 1.29 is 9.53 Å². The van der Waals surface area contributed by atoms with E-state index in [1.807, 2.05) is 6.08 Å². The highest BCUT2D eigenvalue weighted by atomic mass is 16.5. The fourth-order valence-electron chi connectivity index (χ4n) is 2.19. The van der Waals surface area contributed by atoms with E-state index in [1.54, 1.807) is 6.26 Å². The number of allylic oxidation sites excluding steroid dienone is 3. The van der Waals surface area contributed by atoms with Gasteiger partial charge in [-0.3, -0.25) is 4.79 Å². The number of hydrogen-bond donors (Lipinski definition) is 0. The smallest absolute Gasteiger partial charge is 0.162 e. The molecule has 0 unspecified atom stereocenters. The van der Waals surface area contributed by atoms with Gasteiger partial charge in [0.1, 0.15) is 5.76 Å². The molecule has 2 nitrogen and oxygen atoms in total. The van der Waals surface area contributed by atoms with Crippen molar-refractivity contribution in [3.05, 3.63) is 23.7 Å². The Morgan fingerprint density at radius 2 is 2.21 bits per heavy atom. The second kappa shape index (κ2) is 3.60. The highest BCUT2D eigenvalue weighted by Gasteiger charge is 2.31. The van der Waals surface area contributed by atoms with Crippen LogP contribution in [0.15, 0.2) is 23.7 Å². The van der Waals surface area contributed by atoms with E-state index < -0.39 is 0 Å². The molecule has 0 aromatic rings. The van der Waals surface area contributed by atoms with Crippen LogP contribution in [0.4, 0.5) is 0 Å². The van der Waals surface area contributed by atoms with Gasteiger partial charge in [-0.25, -0.2) is 0 Å². The maximum Gasteiger partial charge on any atom is 0.162 e. The van der Waals surface area contributed by atoms with Crippen molar-refractivity contribution in [2.75, 3.05) is 0 Å². The van der Waals surface area contributed by atoms with Crippen molar-refractivity contribution in [3.63, 3.8) is 0 Å². The van der Waals surface area contributed by atoms with E-state index in [4.69, 9.17) is 4.74 Å². The Hall–Kier alpha value is -1.05. The van der Waals surface area contributed by atoms with E-state index in [9.17, 15) is 4.79 Å². The van der Waals surface area contributed by atoms with Crippen LogP contribution in [0.3, 0.4) is 0 Å². The van der Waals surface area contributed by atoms with Gasteiger partial charge >= 0.3 is 0 Å². The van der Waals surface area contributed by atoms with Crippen LogP contribution in [0.1, 0.15) is 33.1 Å². The lowest BCUT2D eigenvalue weighted by Crippen LogP contribution is -2.24. The van der Waals surface area contributed by atoms with Crippen molar-refractivity contribution in [2.24, 2.45) is 11.8 Å². The topological polar surface area (TPSA) is 26.3 Å². The maximum atomic E-state index is 11.8. The summed E-state index contributed by atoms with van der Waals surface area (Å²) in [7, 11) is 0. The first kappa shape index (κ1) is 9.50. The summed E-state index contributed by atoms with van der Waals surface area (Å²) in [4.78, 5) is 11.8. The normalized spacial score (nSPS) is 26.5. The van der Waals surface area contributed by atoms with Crippen LogP contribution in [0.5, 0.6) is 0 Å². The van der Waals surface area contributed by atoms with Crippen LogP contribution in [0.2, 0.25) is 0 Å². The van der Waals surface area contributed by atoms with Crippen molar-refractivity contribution in [1.82, 2.24) is 0 Å². The third-order valence-electron chi connectivity index (χ3n) is 2.96. The van der Waals surface area contributed by atoms with E-state index in [0.29, 0.717) is 12.3 Å². The first-order valence-corrected chi connectivity index (χ1v) is 5.29. The Morgan fingerprint density at radius 3 is 2.93 bits per heavy atom. The molecule has 0 bridgehead atoms. The quantitative estimate of drug-likeness (QED) is 0.638. The summed E-state index contributed by atoms with van der Waals surface area (Å²) in [6, 6.07) is 0. The molecule has 1 heterocycles. The van der Waals surface area contributed by atoms with E-state index in [2.05, 4.69) is 13.8 Å². The molecular formula is C12H16O2. The van der Waals surface area contributed by atoms with Gasteiger partial charge < -0.3 is 4.74 Å². The van der Waals surface area contributed by atoms with Gasteiger partial charge in [-0.05, 0) is 18.4 Å². The van der Waals surface area contributed by atoms with Crippen LogP contribution in [0.25, 0.3) is 0 Å². The molecule has 76 valence electrons. The van der Waals surface area contributed by atoms with Crippen LogP contribution >= 0.6 is 0 Å². The molecule has 0 fully saturated rings. The highest BCUT2D eigenvalue weighted by Crippen LogP contribution is 2.35. The Balaban J connectivity index is 2.35. The average molecular weight is 192 g/mol. The summed E-state index contributed by atoms with van der Waals surface area (Å²) in [5.41, 5.74) is 0.939. The van der Waals surface area contributed by atoms with Gasteiger partial charge in [-0.2, -0.15) is 0 Å². The molecule has 0 saturated heterocycles. The zero-order valence-corrected chi connectivity index (χ0v) is 8.75. The second-order valence-electron chi connectivity index (χ2n) is 4.33. The molecule has 0 aromatic carbocycles. The van der Waals surface area contributed by atoms with Gasteiger partial charge in [0.05, 0.1) is 6.26 Å². The molecule has 0 amide bonds. The summed E-state index contributed by atoms with van der Waals surface area (Å²) >= 11 is 0. The summed E-state index contributed by atoms with van der Waals surface area (Å²) in [5, 5.41) is 0. The van der Waals surface area contributed by atoms with Crippen molar-refractivity contribution in [2.45, 2.75) is 33.1 Å². The Kier molecular flexibility index (Phi) is 2.44. The number of ether oxygens (including phenoxy) is 1. The van der Waals surface area contributed by atoms with Crippen LogP contribution in [0, 0.1) is 11.8 Å². The lowest BCUT2D eigenvalue weighted by atomic mass is 9.80. The molecular weight excluding hydrogens is 176 g/mol. The molecule has 0 aromatic heterocycles. The molecule has 2 rings (SSSR count). The fraction of sp³-hybridized carbons (Fsp3) is 0.583. The van der Waals surface area contributed by atoms with Gasteiger partial charge in [-0.15, -0.1) is 0 Å². The molecule has 2 aliphatic rings. The number of Topliss-reactive ketones (excluding diaryl/α,β-unsaturated/α-hetero) is 1. The monoisotopic (exact) mass is 192 g/mol. The largest absolute Gasteiger partial charge is 0.469 e. The van der Waals surface area contributed by atoms with Crippen molar-refractivity contribution >= 4 is 5.78 Å². The Bertz CT molecular complexity index is 310. The van der Waals surface area contributed by atoms with Gasteiger partial charge in [0.15, 0.2) is 5.78 Å². The molecule has 0 radical (unpaired) electrons. The molecule has 1 atom stereocenters. The van der Waals surface area contributed by atoms with Crippen molar-refractivity contribution in [1.29, 1.82) is 0 Å². The molecule has 14 heavy (non-hydrogen) atoms. The number of rotatable bonds is 1. The Labute approximate surface area is 84.6 Å². The number of carbonyl (C=O) groups excluding carboxylic acids is 1. The second-order valence-corrected chi connectivity index (χ2v) is 4.33. The van der Waals surface area contributed by atoms with Gasteiger partial charge in [-0.1, -0.05) is 13.8 Å². The zero-order valence-electron chi connectivity index (χ0n) is 8.75. The van der Waals surface area contributed by atoms with Crippen molar-refractivity contribution in [3.8, 4) is 0 Å². The molecule has 0 spiro atoms. The lowest BCUT2D eigenvalue weighted by molar-refractivity contribution is -0.117. The maximum absolute atomic E-state index is 11.8. The van der Waals surface area contributed by atoms with E-state index in [0.717, 1.165) is 24.2 Å². The lowest BCUT2D eigenvalue weighted by Gasteiger charge is -2.28. The van der Waals surface area contributed by atoms with Crippen LogP contribution in [-0.4, -0.2) is 5.78 Å². The third kappa shape index (κ3) is 1.49. The molecule has 1 aliphatic carbocycles. The van der Waals surface area contributed by atoms with Crippen LogP contribution in [-0.2, 0) is 9.53 Å². The summed E-state index contributed by atoms with van der Waals surface area (Å²) in [5.74, 6) is 1.95. The average Bonchev–Trinajstić information content (AvgIpc) is 2.17. The molecule has 0 saturated carbocycles. The predicted octanol–water partition coefficient (Wildman–Crippen LogP) is 2.81. The minimum absolute atomic E-state index is 0.270. The SMILES string of the molecule is CC(C)[C@@H]1C=COC2=C1C(=O)CCC2. The van der Waals surface area contributed by atoms with Gasteiger partial charge in [0.2, 0.25) is 0 Å². The van der Waals surface area contributed by atoms with Gasteiger partial charge in [0, 0.05) is 24.3 Å². The summed E-state index contributed by atoms with van der Waals surface area (Å²) < 4.78 is 5.41. The number of ketones is 1. The minimum Gasteiger partial charge on any atom is -0.469 e. The standard InChI is InChI=1S/C12H16O2/c1-8(2)9-6-7-14-11-5-3-4-10(13)12(9)11/h6-9H,3-5H2,1-2H3/t9-/m0/s1.